The maximum Gasteiger partial charge on any atom is 0.243 e. The number of halogens is 1. The molecule has 0 spiro atoms. The summed E-state index contributed by atoms with van der Waals surface area (Å²) in [6.45, 7) is 3.65. The first-order valence-electron chi connectivity index (χ1n) is 5.36. The minimum Gasteiger partial charge on any atom is -0.379 e. The third-order valence-corrected chi connectivity index (χ3v) is 5.45. The average Bonchev–Trinajstić information content (AvgIpc) is 2.33. The molecule has 4 nitrogen and oxygen atoms in total. The Morgan fingerprint density at radius 1 is 1.29 bits per heavy atom. The summed E-state index contributed by atoms with van der Waals surface area (Å²) in [4.78, 5) is 0.409. The van der Waals surface area contributed by atoms with Gasteiger partial charge in [0.05, 0.1) is 18.1 Å². The van der Waals surface area contributed by atoms with Gasteiger partial charge in [-0.15, -0.1) is 0 Å². The lowest BCUT2D eigenvalue weighted by molar-refractivity contribution is 0.0730. The molecule has 0 N–H and O–H groups in total. The second-order valence-electron chi connectivity index (χ2n) is 3.93. The molecule has 17 heavy (non-hydrogen) atoms. The predicted octanol–water partition coefficient (Wildman–Crippen LogP) is 1.62. The Bertz CT molecular complexity index is 509. The van der Waals surface area contributed by atoms with E-state index in [2.05, 4.69) is 22.6 Å². The van der Waals surface area contributed by atoms with Crippen molar-refractivity contribution >= 4 is 32.6 Å². The summed E-state index contributed by atoms with van der Waals surface area (Å²) in [6.07, 6.45) is 0. The van der Waals surface area contributed by atoms with Gasteiger partial charge in [0, 0.05) is 16.7 Å². The van der Waals surface area contributed by atoms with Crippen LogP contribution in [0.1, 0.15) is 5.56 Å². The van der Waals surface area contributed by atoms with Crippen LogP contribution < -0.4 is 0 Å². The highest BCUT2D eigenvalue weighted by Gasteiger charge is 2.27. The number of morpholine rings is 1. The van der Waals surface area contributed by atoms with Crippen LogP contribution in [0.4, 0.5) is 0 Å². The molecule has 1 aromatic rings. The van der Waals surface area contributed by atoms with Gasteiger partial charge in [-0.1, -0.05) is 6.07 Å². The van der Waals surface area contributed by atoms with Gasteiger partial charge in [0.15, 0.2) is 0 Å². The van der Waals surface area contributed by atoms with Gasteiger partial charge in [-0.25, -0.2) is 8.42 Å². The first-order chi connectivity index (χ1) is 8.01. The van der Waals surface area contributed by atoms with Crippen LogP contribution in [0.15, 0.2) is 23.1 Å². The molecule has 94 valence electrons. The third-order valence-electron chi connectivity index (χ3n) is 2.74. The van der Waals surface area contributed by atoms with Gasteiger partial charge in [-0.05, 0) is 47.2 Å². The van der Waals surface area contributed by atoms with Crippen LogP contribution >= 0.6 is 22.6 Å². The van der Waals surface area contributed by atoms with Gasteiger partial charge >= 0.3 is 0 Å². The van der Waals surface area contributed by atoms with E-state index >= 15 is 0 Å². The summed E-state index contributed by atoms with van der Waals surface area (Å²) in [5, 5.41) is 0. The molecule has 0 amide bonds. The maximum atomic E-state index is 12.4. The van der Waals surface area contributed by atoms with Gasteiger partial charge < -0.3 is 4.74 Å². The number of hydrogen-bond acceptors (Lipinski definition) is 3. The van der Waals surface area contributed by atoms with Gasteiger partial charge in [-0.3, -0.25) is 0 Å². The van der Waals surface area contributed by atoms with Crippen LogP contribution in [0.2, 0.25) is 0 Å². The lowest BCUT2D eigenvalue weighted by Gasteiger charge is -2.26. The molecular formula is C11H14INO3S. The summed E-state index contributed by atoms with van der Waals surface area (Å²) in [5.74, 6) is 0. The highest BCUT2D eigenvalue weighted by Crippen LogP contribution is 2.22. The van der Waals surface area contributed by atoms with E-state index in [0.717, 1.165) is 9.13 Å². The Kier molecular flexibility index (Phi) is 4.06. The van der Waals surface area contributed by atoms with E-state index in [-0.39, 0.29) is 0 Å². The van der Waals surface area contributed by atoms with Gasteiger partial charge in [-0.2, -0.15) is 4.31 Å². The van der Waals surface area contributed by atoms with Crippen molar-refractivity contribution in [2.45, 2.75) is 11.8 Å². The van der Waals surface area contributed by atoms with E-state index in [1.54, 1.807) is 6.07 Å². The predicted molar refractivity (Wildman–Crippen MR) is 73.5 cm³/mol. The number of rotatable bonds is 2. The van der Waals surface area contributed by atoms with Crippen molar-refractivity contribution in [3.05, 3.63) is 27.3 Å². The molecule has 1 saturated heterocycles. The molecule has 1 aromatic carbocycles. The Morgan fingerprint density at radius 3 is 2.59 bits per heavy atom. The Hall–Kier alpha value is -0.180. The Labute approximate surface area is 115 Å². The maximum absolute atomic E-state index is 12.4. The number of ether oxygens (including phenoxy) is 1. The minimum absolute atomic E-state index is 0.409. The van der Waals surface area contributed by atoms with Gasteiger partial charge in [0.2, 0.25) is 10.0 Å². The molecule has 1 fully saturated rings. The molecule has 0 saturated carbocycles. The van der Waals surface area contributed by atoms with E-state index < -0.39 is 10.0 Å². The van der Waals surface area contributed by atoms with Gasteiger partial charge in [0.25, 0.3) is 0 Å². The zero-order chi connectivity index (χ0) is 12.5. The van der Waals surface area contributed by atoms with Crippen LogP contribution in [0, 0.1) is 10.5 Å². The fourth-order valence-electron chi connectivity index (χ4n) is 1.78. The average molecular weight is 367 g/mol. The van der Waals surface area contributed by atoms with Crippen LogP contribution in [-0.2, 0) is 14.8 Å². The van der Waals surface area contributed by atoms with Crippen molar-refractivity contribution in [2.75, 3.05) is 26.3 Å². The molecule has 0 radical (unpaired) electrons. The van der Waals surface area contributed by atoms with E-state index in [0.29, 0.717) is 31.2 Å². The minimum atomic E-state index is -3.37. The highest BCUT2D eigenvalue weighted by atomic mass is 127. The lowest BCUT2D eigenvalue weighted by Crippen LogP contribution is -2.40. The van der Waals surface area contributed by atoms with Crippen LogP contribution in [0.5, 0.6) is 0 Å². The topological polar surface area (TPSA) is 46.6 Å². The quantitative estimate of drug-likeness (QED) is 0.747. The number of hydrogen-bond donors (Lipinski definition) is 0. The number of sulfonamides is 1. The van der Waals surface area contributed by atoms with E-state index in [9.17, 15) is 8.42 Å². The molecule has 6 heteroatoms. The molecule has 2 rings (SSSR count). The van der Waals surface area contributed by atoms with Crippen LogP contribution in [0.3, 0.4) is 0 Å². The van der Waals surface area contributed by atoms with Gasteiger partial charge in [0.1, 0.15) is 0 Å². The zero-order valence-electron chi connectivity index (χ0n) is 9.52. The lowest BCUT2D eigenvalue weighted by atomic mass is 10.2. The normalized spacial score (nSPS) is 18.2. The van der Waals surface area contributed by atoms with Crippen molar-refractivity contribution in [3.8, 4) is 0 Å². The smallest absolute Gasteiger partial charge is 0.243 e. The van der Waals surface area contributed by atoms with Crippen LogP contribution in [-0.4, -0.2) is 39.0 Å². The zero-order valence-corrected chi connectivity index (χ0v) is 12.5. The fourth-order valence-corrected chi connectivity index (χ4v) is 4.14. The second kappa shape index (κ2) is 5.21. The largest absolute Gasteiger partial charge is 0.379 e. The van der Waals surface area contributed by atoms with Crippen molar-refractivity contribution in [1.29, 1.82) is 0 Å². The molecule has 1 aliphatic heterocycles. The molecular weight excluding hydrogens is 353 g/mol. The van der Waals surface area contributed by atoms with Crippen molar-refractivity contribution < 1.29 is 13.2 Å². The molecule has 1 heterocycles. The molecule has 1 aliphatic rings. The number of aryl methyl sites for hydroxylation is 1. The summed E-state index contributed by atoms with van der Waals surface area (Å²) < 4.78 is 32.5. The highest BCUT2D eigenvalue weighted by molar-refractivity contribution is 14.1. The Morgan fingerprint density at radius 2 is 1.94 bits per heavy atom. The van der Waals surface area contributed by atoms with E-state index in [1.165, 1.54) is 4.31 Å². The van der Waals surface area contributed by atoms with Crippen molar-refractivity contribution in [3.63, 3.8) is 0 Å². The fraction of sp³-hybridized carbons (Fsp3) is 0.455. The standard InChI is InChI=1S/C11H14INO3S/c1-9-2-3-10(12)8-11(9)17(14,15)13-4-6-16-7-5-13/h2-3,8H,4-7H2,1H3. The van der Waals surface area contributed by atoms with Crippen molar-refractivity contribution in [1.82, 2.24) is 4.31 Å². The summed E-state index contributed by atoms with van der Waals surface area (Å²) in [5.41, 5.74) is 0.789. The summed E-state index contributed by atoms with van der Waals surface area (Å²) in [7, 11) is -3.37. The molecule has 0 bridgehead atoms. The van der Waals surface area contributed by atoms with E-state index in [1.807, 2.05) is 19.1 Å². The first kappa shape index (κ1) is 13.3. The first-order valence-corrected chi connectivity index (χ1v) is 7.88. The van der Waals surface area contributed by atoms with Crippen molar-refractivity contribution in [2.24, 2.45) is 0 Å². The second-order valence-corrected chi connectivity index (χ2v) is 7.08. The monoisotopic (exact) mass is 367 g/mol. The SMILES string of the molecule is Cc1ccc(I)cc1S(=O)(=O)N1CCOCC1. The Balaban J connectivity index is 2.40. The van der Waals surface area contributed by atoms with E-state index in [4.69, 9.17) is 4.74 Å². The van der Waals surface area contributed by atoms with Crippen LogP contribution in [0.25, 0.3) is 0 Å². The number of benzene rings is 1. The molecule has 0 aromatic heterocycles. The summed E-state index contributed by atoms with van der Waals surface area (Å²) >= 11 is 2.13. The number of nitrogens with zero attached hydrogens (tertiary/aromatic N) is 1. The molecule has 0 aliphatic carbocycles. The molecule has 0 atom stereocenters. The molecule has 0 unspecified atom stereocenters. The summed E-state index contributed by atoms with van der Waals surface area (Å²) in [6, 6.07) is 5.48. The third kappa shape index (κ3) is 2.81.